The number of H-pyrrole nitrogens is 1. The number of nitrogens with zero attached hydrogens (tertiary/aromatic N) is 4. The molecule has 2 saturated heterocycles. The van der Waals surface area contributed by atoms with Gasteiger partial charge in [0.05, 0.1) is 10.9 Å². The van der Waals surface area contributed by atoms with Gasteiger partial charge in [0, 0.05) is 51.6 Å². The molecule has 0 amide bonds. The minimum absolute atomic E-state index is 0.0659. The predicted octanol–water partition coefficient (Wildman–Crippen LogP) is 4.52. The number of hydrogen-bond donors (Lipinski definition) is 1. The summed E-state index contributed by atoms with van der Waals surface area (Å²) in [4.78, 5) is 35.6. The number of hydrogen-bond acceptors (Lipinski definition) is 6. The standard InChI is InChI=1S/C27H41N5O3SSi/c1-37(2,3)17-14-35-19-31-13-7-22-24-23(18-28-25(22)31)26(33)29-27(34)32(24)21-5-11-30(12-6-21)10-4-20-8-15-36-16-9-20/h7,13,18,20-21H,4-6,8-12,14-17,19H2,1-3H3,(H,29,33,34). The average molecular weight is 544 g/mol. The molecule has 5 rings (SSSR count). The fourth-order valence-corrected chi connectivity index (χ4v) is 7.63. The van der Waals surface area contributed by atoms with Gasteiger partial charge >= 0.3 is 5.69 Å². The summed E-state index contributed by atoms with van der Waals surface area (Å²) >= 11 is 2.09. The molecule has 2 aliphatic heterocycles. The van der Waals surface area contributed by atoms with Crippen molar-refractivity contribution in [1.82, 2.24) is 24.0 Å². The minimum atomic E-state index is -1.16. The zero-order valence-corrected chi connectivity index (χ0v) is 24.3. The van der Waals surface area contributed by atoms with E-state index in [1.807, 2.05) is 21.4 Å². The van der Waals surface area contributed by atoms with Crippen LogP contribution in [0.4, 0.5) is 0 Å². The van der Waals surface area contributed by atoms with E-state index in [2.05, 4.69) is 46.3 Å². The quantitative estimate of drug-likeness (QED) is 0.316. The van der Waals surface area contributed by atoms with Gasteiger partial charge in [-0.3, -0.25) is 14.3 Å². The number of ether oxygens (including phenoxy) is 1. The lowest BCUT2D eigenvalue weighted by molar-refractivity contribution is 0.0899. The monoisotopic (exact) mass is 543 g/mol. The van der Waals surface area contributed by atoms with E-state index in [0.717, 1.165) is 62.1 Å². The Morgan fingerprint density at radius 3 is 2.59 bits per heavy atom. The van der Waals surface area contributed by atoms with Crippen LogP contribution in [0, 0.1) is 5.92 Å². The molecule has 0 saturated carbocycles. The molecule has 0 unspecified atom stereocenters. The largest absolute Gasteiger partial charge is 0.361 e. The van der Waals surface area contributed by atoms with Crippen molar-refractivity contribution in [2.75, 3.05) is 37.7 Å². The zero-order chi connectivity index (χ0) is 26.0. The average Bonchev–Trinajstić information content (AvgIpc) is 3.29. The molecule has 0 atom stereocenters. The van der Waals surface area contributed by atoms with Crippen LogP contribution >= 0.6 is 11.8 Å². The number of pyridine rings is 1. The lowest BCUT2D eigenvalue weighted by atomic mass is 9.97. The lowest BCUT2D eigenvalue weighted by Gasteiger charge is -2.34. The number of fused-ring (bicyclic) bond motifs is 3. The topological polar surface area (TPSA) is 85.1 Å². The Kier molecular flexibility index (Phi) is 8.28. The second-order valence-electron chi connectivity index (χ2n) is 11.9. The Labute approximate surface area is 223 Å². The third kappa shape index (κ3) is 6.24. The van der Waals surface area contributed by atoms with Crippen molar-refractivity contribution >= 4 is 41.8 Å². The number of likely N-dealkylation sites (tertiary alicyclic amines) is 1. The van der Waals surface area contributed by atoms with E-state index < -0.39 is 8.07 Å². The zero-order valence-electron chi connectivity index (χ0n) is 22.5. The second-order valence-corrected chi connectivity index (χ2v) is 18.8. The van der Waals surface area contributed by atoms with Gasteiger partial charge < -0.3 is 14.2 Å². The molecular formula is C27H41N5O3SSi. The maximum atomic E-state index is 13.2. The molecule has 2 fully saturated rings. The number of nitrogens with one attached hydrogen (secondary N) is 1. The highest BCUT2D eigenvalue weighted by atomic mass is 32.2. The van der Waals surface area contributed by atoms with E-state index in [4.69, 9.17) is 4.74 Å². The maximum Gasteiger partial charge on any atom is 0.329 e. The summed E-state index contributed by atoms with van der Waals surface area (Å²) in [5.41, 5.74) is 0.773. The van der Waals surface area contributed by atoms with Gasteiger partial charge in [0.1, 0.15) is 12.4 Å². The van der Waals surface area contributed by atoms with Crippen molar-refractivity contribution in [2.45, 2.75) is 70.6 Å². The molecule has 1 N–H and O–H groups in total. The number of aromatic amines is 1. The molecule has 0 aliphatic carbocycles. The fourth-order valence-electron chi connectivity index (χ4n) is 5.67. The molecular weight excluding hydrogens is 502 g/mol. The number of thioether (sulfide) groups is 1. The maximum absolute atomic E-state index is 13.2. The van der Waals surface area contributed by atoms with Crippen LogP contribution in [-0.2, 0) is 11.5 Å². The van der Waals surface area contributed by atoms with Crippen LogP contribution in [0.1, 0.15) is 38.1 Å². The van der Waals surface area contributed by atoms with E-state index in [9.17, 15) is 9.59 Å². The number of rotatable bonds is 9. The van der Waals surface area contributed by atoms with Gasteiger partial charge in [0.15, 0.2) is 0 Å². The van der Waals surface area contributed by atoms with Crippen LogP contribution in [0.5, 0.6) is 0 Å². The lowest BCUT2D eigenvalue weighted by Crippen LogP contribution is -2.40. The van der Waals surface area contributed by atoms with Crippen LogP contribution in [0.15, 0.2) is 28.0 Å². The molecule has 8 nitrogen and oxygen atoms in total. The van der Waals surface area contributed by atoms with E-state index in [1.54, 1.807) is 6.20 Å². The van der Waals surface area contributed by atoms with Gasteiger partial charge in [-0.05, 0) is 68.2 Å². The summed E-state index contributed by atoms with van der Waals surface area (Å²) in [6.45, 7) is 11.3. The number of aromatic nitrogens is 4. The first-order valence-corrected chi connectivity index (χ1v) is 18.7. The molecule has 2 aliphatic rings. The third-order valence-corrected chi connectivity index (χ3v) is 10.8. The summed E-state index contributed by atoms with van der Waals surface area (Å²) in [5, 5.41) is 1.31. The Balaban J connectivity index is 1.35. The molecule has 0 spiro atoms. The first kappa shape index (κ1) is 26.7. The van der Waals surface area contributed by atoms with E-state index in [-0.39, 0.29) is 17.3 Å². The summed E-state index contributed by atoms with van der Waals surface area (Å²) in [5.74, 6) is 3.49. The van der Waals surface area contributed by atoms with Gasteiger partial charge in [-0.1, -0.05) is 19.6 Å². The Morgan fingerprint density at radius 1 is 1.11 bits per heavy atom. The van der Waals surface area contributed by atoms with E-state index in [1.165, 1.54) is 30.8 Å². The highest BCUT2D eigenvalue weighted by molar-refractivity contribution is 7.99. The van der Waals surface area contributed by atoms with Crippen LogP contribution < -0.4 is 11.2 Å². The van der Waals surface area contributed by atoms with Gasteiger partial charge in [-0.2, -0.15) is 11.8 Å². The molecule has 0 aromatic carbocycles. The second kappa shape index (κ2) is 11.5. The summed E-state index contributed by atoms with van der Waals surface area (Å²) in [6, 6.07) is 3.14. The van der Waals surface area contributed by atoms with E-state index in [0.29, 0.717) is 17.6 Å². The highest BCUT2D eigenvalue weighted by Gasteiger charge is 2.26. The van der Waals surface area contributed by atoms with Crippen molar-refractivity contribution in [3.8, 4) is 0 Å². The molecule has 3 aromatic heterocycles. The van der Waals surface area contributed by atoms with Crippen LogP contribution in [0.3, 0.4) is 0 Å². The molecule has 0 bridgehead atoms. The SMILES string of the molecule is C[Si](C)(C)CCOCn1ccc2c1ncc1c(=O)[nH]c(=O)n(C3CCN(CCC4CCSCC4)CC3)c12. The summed E-state index contributed by atoms with van der Waals surface area (Å²) < 4.78 is 9.78. The fraction of sp³-hybridized carbons (Fsp3) is 0.667. The third-order valence-electron chi connectivity index (χ3n) is 8.03. The van der Waals surface area contributed by atoms with Gasteiger partial charge in [0.25, 0.3) is 5.56 Å². The molecule has 5 heterocycles. The molecule has 0 radical (unpaired) electrons. The smallest absolute Gasteiger partial charge is 0.329 e. The Morgan fingerprint density at radius 2 is 1.86 bits per heavy atom. The van der Waals surface area contributed by atoms with Crippen LogP contribution in [0.25, 0.3) is 21.9 Å². The van der Waals surface area contributed by atoms with Gasteiger partial charge in [0.2, 0.25) is 0 Å². The van der Waals surface area contributed by atoms with Crippen molar-refractivity contribution in [1.29, 1.82) is 0 Å². The van der Waals surface area contributed by atoms with Crippen molar-refractivity contribution < 1.29 is 4.74 Å². The Hall–Kier alpha value is -1.88. The van der Waals surface area contributed by atoms with Crippen molar-refractivity contribution in [3.05, 3.63) is 39.3 Å². The Bertz CT molecular complexity index is 1330. The molecule has 10 heteroatoms. The van der Waals surface area contributed by atoms with Gasteiger partial charge in [-0.25, -0.2) is 9.78 Å². The first-order valence-electron chi connectivity index (χ1n) is 13.8. The molecule has 202 valence electrons. The van der Waals surface area contributed by atoms with Crippen LogP contribution in [-0.4, -0.2) is 69.8 Å². The minimum Gasteiger partial charge on any atom is -0.361 e. The summed E-state index contributed by atoms with van der Waals surface area (Å²) in [6.07, 6.45) is 9.38. The van der Waals surface area contributed by atoms with Crippen molar-refractivity contribution in [2.24, 2.45) is 5.92 Å². The number of piperidine rings is 1. The predicted molar refractivity (Wildman–Crippen MR) is 156 cm³/mol. The first-order chi connectivity index (χ1) is 17.8. The van der Waals surface area contributed by atoms with E-state index >= 15 is 0 Å². The normalized spacial score (nSPS) is 18.8. The summed E-state index contributed by atoms with van der Waals surface area (Å²) in [7, 11) is -1.16. The highest BCUT2D eigenvalue weighted by Crippen LogP contribution is 2.30. The van der Waals surface area contributed by atoms with Crippen LogP contribution in [0.2, 0.25) is 25.7 Å². The van der Waals surface area contributed by atoms with Crippen molar-refractivity contribution in [3.63, 3.8) is 0 Å². The van der Waals surface area contributed by atoms with Gasteiger partial charge in [-0.15, -0.1) is 0 Å². The molecule has 37 heavy (non-hydrogen) atoms. The molecule has 3 aromatic rings.